The second-order valence-electron chi connectivity index (χ2n) is 7.01. The van der Waals surface area contributed by atoms with E-state index in [1.807, 2.05) is 54.6 Å². The van der Waals surface area contributed by atoms with Crippen LogP contribution in [0.15, 0.2) is 54.6 Å². The van der Waals surface area contributed by atoms with Crippen LogP contribution >= 0.6 is 0 Å². The molecular weight excluding hydrogens is 340 g/mol. The van der Waals surface area contributed by atoms with E-state index in [2.05, 4.69) is 20.0 Å². The third-order valence-corrected chi connectivity index (χ3v) is 5.93. The molecule has 26 heavy (non-hydrogen) atoms. The highest BCUT2D eigenvalue weighted by Crippen LogP contribution is 2.22. The Bertz CT molecular complexity index is 611. The number of ether oxygens (including phenoxy) is 1. The van der Waals surface area contributed by atoms with Crippen LogP contribution in [0.4, 0.5) is 0 Å². The van der Waals surface area contributed by atoms with Crippen LogP contribution in [0.2, 0.25) is 13.1 Å². The van der Waals surface area contributed by atoms with Gasteiger partial charge in [0.15, 0.2) is 0 Å². The van der Waals surface area contributed by atoms with Crippen LogP contribution in [0, 0.1) is 0 Å². The molecule has 0 saturated heterocycles. The molecule has 0 saturated carbocycles. The highest BCUT2D eigenvalue weighted by Gasteiger charge is 2.24. The van der Waals surface area contributed by atoms with E-state index < -0.39 is 8.56 Å². The minimum atomic E-state index is -2.06. The maximum absolute atomic E-state index is 6.08. The van der Waals surface area contributed by atoms with Crippen LogP contribution in [-0.4, -0.2) is 15.2 Å². The van der Waals surface area contributed by atoms with E-state index in [0.29, 0.717) is 6.61 Å². The van der Waals surface area contributed by atoms with Gasteiger partial charge in [0, 0.05) is 6.61 Å². The lowest BCUT2D eigenvalue weighted by molar-refractivity contribution is 0.168. The van der Waals surface area contributed by atoms with Gasteiger partial charge in [-0.05, 0) is 49.3 Å². The first-order valence-electron chi connectivity index (χ1n) is 9.69. The van der Waals surface area contributed by atoms with Crippen LogP contribution in [-0.2, 0) is 15.5 Å². The van der Waals surface area contributed by atoms with Gasteiger partial charge in [0.1, 0.15) is 11.5 Å². The molecule has 0 N–H and O–H groups in total. The van der Waals surface area contributed by atoms with Gasteiger partial charge in [-0.2, -0.15) is 0 Å². The molecule has 0 aliphatic carbocycles. The summed E-state index contributed by atoms with van der Waals surface area (Å²) >= 11 is 0. The van der Waals surface area contributed by atoms with Crippen molar-refractivity contribution in [3.63, 3.8) is 0 Å². The summed E-state index contributed by atoms with van der Waals surface area (Å²) in [5, 5.41) is 0. The molecule has 0 spiro atoms. The van der Waals surface area contributed by atoms with Crippen LogP contribution in [0.25, 0.3) is 0 Å². The van der Waals surface area contributed by atoms with Gasteiger partial charge >= 0.3 is 8.56 Å². The molecule has 0 aromatic heterocycles. The topological polar surface area (TPSA) is 27.7 Å². The second kappa shape index (κ2) is 11.2. The summed E-state index contributed by atoms with van der Waals surface area (Å²) in [5.74, 6) is 1.68. The minimum Gasteiger partial charge on any atom is -0.457 e. The molecule has 2 aromatic carbocycles. The molecule has 0 atom stereocenters. The summed E-state index contributed by atoms with van der Waals surface area (Å²) in [6, 6.07) is 17.9. The highest BCUT2D eigenvalue weighted by molar-refractivity contribution is 6.64. The fourth-order valence-corrected chi connectivity index (χ4v) is 3.83. The number of hydrogen-bond donors (Lipinski definition) is 0. The van der Waals surface area contributed by atoms with Crippen molar-refractivity contribution >= 4 is 8.56 Å². The smallest absolute Gasteiger partial charge is 0.332 e. The fourth-order valence-electron chi connectivity index (χ4n) is 2.60. The van der Waals surface area contributed by atoms with Gasteiger partial charge in [0.05, 0.1) is 6.61 Å². The zero-order valence-corrected chi connectivity index (χ0v) is 17.4. The molecule has 0 radical (unpaired) electrons. The average molecular weight is 373 g/mol. The molecule has 0 bridgehead atoms. The van der Waals surface area contributed by atoms with E-state index in [4.69, 9.17) is 13.6 Å². The molecule has 0 unspecified atom stereocenters. The van der Waals surface area contributed by atoms with Crippen molar-refractivity contribution in [3.8, 4) is 11.5 Å². The van der Waals surface area contributed by atoms with E-state index >= 15 is 0 Å². The van der Waals surface area contributed by atoms with E-state index in [9.17, 15) is 0 Å². The lowest BCUT2D eigenvalue weighted by Gasteiger charge is -2.23. The maximum atomic E-state index is 6.08. The van der Waals surface area contributed by atoms with Crippen LogP contribution in [0.5, 0.6) is 11.5 Å². The van der Waals surface area contributed by atoms with Gasteiger partial charge in [0.25, 0.3) is 0 Å². The Morgan fingerprint density at radius 2 is 1.38 bits per heavy atom. The summed E-state index contributed by atoms with van der Waals surface area (Å²) in [7, 11) is -2.06. The number of benzene rings is 2. The molecule has 4 heteroatoms. The first-order chi connectivity index (χ1) is 12.6. The van der Waals surface area contributed by atoms with Crippen LogP contribution in [0.1, 0.15) is 44.6 Å². The number of hydrogen-bond acceptors (Lipinski definition) is 3. The molecular formula is C22H32O3Si. The minimum absolute atomic E-state index is 0.584. The maximum Gasteiger partial charge on any atom is 0.332 e. The lowest BCUT2D eigenvalue weighted by Crippen LogP contribution is -2.35. The molecule has 0 fully saturated rings. The average Bonchev–Trinajstić information content (AvgIpc) is 2.65. The molecule has 0 heterocycles. The summed E-state index contributed by atoms with van der Waals surface area (Å²) in [6.07, 6.45) is 6.29. The standard InChI is InChI=1S/C22H32O3Si/c1-4-5-6-7-11-18-23-26(2,3)24-19-20-14-16-22(17-15-20)25-21-12-9-8-10-13-21/h8-10,12-17H,4-7,11,18-19H2,1-3H3. The quantitative estimate of drug-likeness (QED) is 0.307. The van der Waals surface area contributed by atoms with Gasteiger partial charge in [-0.3, -0.25) is 0 Å². The Balaban J connectivity index is 1.71. The zero-order chi connectivity index (χ0) is 18.7. The predicted octanol–water partition coefficient (Wildman–Crippen LogP) is 6.68. The van der Waals surface area contributed by atoms with Crippen molar-refractivity contribution in [3.05, 3.63) is 60.2 Å². The third-order valence-electron chi connectivity index (χ3n) is 4.19. The van der Waals surface area contributed by atoms with E-state index in [0.717, 1.165) is 30.1 Å². The summed E-state index contributed by atoms with van der Waals surface area (Å²) in [4.78, 5) is 0. The molecule has 0 amide bonds. The van der Waals surface area contributed by atoms with Gasteiger partial charge in [-0.1, -0.05) is 62.9 Å². The van der Waals surface area contributed by atoms with Crippen LogP contribution < -0.4 is 4.74 Å². The van der Waals surface area contributed by atoms with E-state index in [1.165, 1.54) is 25.7 Å². The zero-order valence-electron chi connectivity index (χ0n) is 16.4. The van der Waals surface area contributed by atoms with Crippen molar-refractivity contribution in [2.24, 2.45) is 0 Å². The second-order valence-corrected chi connectivity index (χ2v) is 10.4. The summed E-state index contributed by atoms with van der Waals surface area (Å²) < 4.78 is 17.9. The highest BCUT2D eigenvalue weighted by atomic mass is 28.4. The van der Waals surface area contributed by atoms with Crippen molar-refractivity contribution in [1.29, 1.82) is 0 Å². The van der Waals surface area contributed by atoms with Crippen molar-refractivity contribution < 1.29 is 13.6 Å². The van der Waals surface area contributed by atoms with Crippen molar-refractivity contribution in [1.82, 2.24) is 0 Å². The molecule has 0 aliphatic rings. The van der Waals surface area contributed by atoms with E-state index in [-0.39, 0.29) is 0 Å². The predicted molar refractivity (Wildman–Crippen MR) is 110 cm³/mol. The summed E-state index contributed by atoms with van der Waals surface area (Å²) in [6.45, 7) is 7.87. The third kappa shape index (κ3) is 8.17. The monoisotopic (exact) mass is 372 g/mol. The molecule has 3 nitrogen and oxygen atoms in total. The molecule has 2 aromatic rings. The lowest BCUT2D eigenvalue weighted by atomic mass is 10.2. The summed E-state index contributed by atoms with van der Waals surface area (Å²) in [5.41, 5.74) is 1.14. The Kier molecular flexibility index (Phi) is 8.88. The Morgan fingerprint density at radius 1 is 0.731 bits per heavy atom. The van der Waals surface area contributed by atoms with E-state index in [1.54, 1.807) is 0 Å². The molecule has 142 valence electrons. The first kappa shape index (κ1) is 20.7. The number of rotatable bonds is 12. The van der Waals surface area contributed by atoms with Gasteiger partial charge in [-0.15, -0.1) is 0 Å². The number of para-hydroxylation sites is 1. The van der Waals surface area contributed by atoms with Crippen LogP contribution in [0.3, 0.4) is 0 Å². The Hall–Kier alpha value is -1.62. The Labute approximate surface area is 159 Å². The first-order valence-corrected chi connectivity index (χ1v) is 12.5. The molecule has 2 rings (SSSR count). The van der Waals surface area contributed by atoms with Crippen molar-refractivity contribution in [2.75, 3.05) is 6.61 Å². The number of unbranched alkanes of at least 4 members (excludes halogenated alkanes) is 4. The fraction of sp³-hybridized carbons (Fsp3) is 0.455. The van der Waals surface area contributed by atoms with Gasteiger partial charge in [0.2, 0.25) is 0 Å². The normalized spacial score (nSPS) is 11.5. The Morgan fingerprint density at radius 3 is 2.08 bits per heavy atom. The van der Waals surface area contributed by atoms with Gasteiger partial charge in [-0.25, -0.2) is 0 Å². The largest absolute Gasteiger partial charge is 0.457 e. The molecule has 0 aliphatic heterocycles. The van der Waals surface area contributed by atoms with Gasteiger partial charge < -0.3 is 13.6 Å². The SMILES string of the molecule is CCCCCCCO[Si](C)(C)OCc1ccc(Oc2ccccc2)cc1. The van der Waals surface area contributed by atoms with Crippen molar-refractivity contribution in [2.45, 2.75) is 58.7 Å².